The third-order valence-corrected chi connectivity index (χ3v) is 13.1. The van der Waals surface area contributed by atoms with Crippen LogP contribution in [0.2, 0.25) is 58.9 Å². The Morgan fingerprint density at radius 1 is 0.588 bits per heavy atom. The van der Waals surface area contributed by atoms with Gasteiger partial charge in [0.1, 0.15) is 0 Å². The first kappa shape index (κ1) is 27.6. The summed E-state index contributed by atoms with van der Waals surface area (Å²) < 4.78 is 20.7. The molecule has 4 aliphatic rings. The van der Waals surface area contributed by atoms with Gasteiger partial charge in [0.2, 0.25) is 0 Å². The van der Waals surface area contributed by atoms with Crippen molar-refractivity contribution < 1.29 is 13.3 Å². The molecule has 0 aromatic rings. The van der Waals surface area contributed by atoms with Crippen molar-refractivity contribution in [1.82, 2.24) is 0 Å². The molecule has 0 heterocycles. The van der Waals surface area contributed by atoms with Crippen molar-refractivity contribution in [2.24, 2.45) is 34.5 Å². The Morgan fingerprint density at radius 2 is 1.15 bits per heavy atom. The van der Waals surface area contributed by atoms with Gasteiger partial charge in [0.25, 0.3) is 0 Å². The smallest absolute Gasteiger partial charge is 0.184 e. The fourth-order valence-electron chi connectivity index (χ4n) is 8.91. The quantitative estimate of drug-likeness (QED) is 0.327. The van der Waals surface area contributed by atoms with E-state index in [-0.39, 0.29) is 0 Å². The lowest BCUT2D eigenvalue weighted by molar-refractivity contribution is -0.170. The summed E-state index contributed by atoms with van der Waals surface area (Å²) in [7, 11) is -4.68. The van der Waals surface area contributed by atoms with Gasteiger partial charge in [-0.3, -0.25) is 0 Å². The predicted molar refractivity (Wildman–Crippen MR) is 152 cm³/mol. The molecule has 0 radical (unpaired) electrons. The highest BCUT2D eigenvalue weighted by Gasteiger charge is 2.63. The summed E-state index contributed by atoms with van der Waals surface area (Å²) in [5.74, 6) is 3.05. The zero-order chi connectivity index (χ0) is 25.3. The van der Waals surface area contributed by atoms with Crippen LogP contribution in [0.25, 0.3) is 0 Å². The first-order chi connectivity index (χ1) is 15.4. The lowest BCUT2D eigenvalue weighted by atomic mass is 9.44. The maximum Gasteiger partial charge on any atom is 0.184 e. The first-order valence-corrected chi connectivity index (χ1v) is 24.7. The first-order valence-electron chi connectivity index (χ1n) is 14.4. The molecule has 4 saturated carbocycles. The van der Waals surface area contributed by atoms with E-state index in [0.717, 1.165) is 23.7 Å². The van der Waals surface area contributed by atoms with Gasteiger partial charge in [-0.25, -0.2) is 0 Å². The topological polar surface area (TPSA) is 27.7 Å². The summed E-state index contributed by atoms with van der Waals surface area (Å²) in [5.41, 5.74) is 0.798. The van der Waals surface area contributed by atoms with Gasteiger partial charge >= 0.3 is 0 Å². The fourth-order valence-corrected chi connectivity index (χ4v) is 12.5. The van der Waals surface area contributed by atoms with E-state index in [2.05, 4.69) is 72.8 Å². The lowest BCUT2D eigenvalue weighted by Gasteiger charge is -2.63. The Balaban J connectivity index is 1.63. The summed E-state index contributed by atoms with van der Waals surface area (Å²) in [6, 6.07) is 0. The number of hydrogen-bond acceptors (Lipinski definition) is 3. The molecular weight excluding hydrogens is 469 g/mol. The van der Waals surface area contributed by atoms with Crippen LogP contribution in [-0.2, 0) is 13.3 Å². The molecule has 4 aliphatic carbocycles. The molecule has 0 spiro atoms. The van der Waals surface area contributed by atoms with Crippen molar-refractivity contribution in [1.29, 1.82) is 0 Å². The molecule has 0 N–H and O–H groups in total. The molecule has 0 unspecified atom stereocenters. The monoisotopic (exact) mass is 524 g/mol. The molecule has 0 aliphatic heterocycles. The normalized spacial score (nSPS) is 45.4. The van der Waals surface area contributed by atoms with Gasteiger partial charge < -0.3 is 13.3 Å². The molecule has 0 bridgehead atoms. The molecule has 34 heavy (non-hydrogen) atoms. The minimum absolute atomic E-state index is 0.337. The molecule has 0 saturated heterocycles. The van der Waals surface area contributed by atoms with E-state index in [1.165, 1.54) is 51.4 Å². The third kappa shape index (κ3) is 5.52. The van der Waals surface area contributed by atoms with E-state index < -0.39 is 25.0 Å². The molecule has 6 heteroatoms. The highest BCUT2D eigenvalue weighted by molar-refractivity contribution is 6.70. The SMILES string of the molecule is C[C@]12CC[C@@H](O[Si](C)(C)C)C[C@H]1C[C@@H](O[Si](C)(C)C)[C@@H]1[C@@H]2CC[C@]2(C)[C@@H](O[Si](C)(C)C)CC[C@@H]12. The van der Waals surface area contributed by atoms with Crippen LogP contribution in [0, 0.1) is 34.5 Å². The van der Waals surface area contributed by atoms with Crippen molar-refractivity contribution in [3.05, 3.63) is 0 Å². The van der Waals surface area contributed by atoms with Crippen LogP contribution in [0.1, 0.15) is 65.2 Å². The standard InChI is InChI=1S/C28H56O3Si3/c1-27-16-14-21(29-32(3,4)5)18-20(27)19-24(30-33(6,7)8)26-22-12-13-25(31-34(9,10)11)28(22,2)17-15-23(26)27/h20-26H,12-19H2,1-11H3/t20-,21+,22-,23-,24+,25-,26-,27-,28-/m0/s1. The minimum atomic E-state index is -1.63. The van der Waals surface area contributed by atoms with E-state index in [0.29, 0.717) is 29.1 Å². The van der Waals surface area contributed by atoms with Crippen LogP contribution >= 0.6 is 0 Å². The van der Waals surface area contributed by atoms with Gasteiger partial charge in [0.05, 0.1) is 6.10 Å². The maximum absolute atomic E-state index is 7.14. The number of fused-ring (bicyclic) bond motifs is 5. The minimum Gasteiger partial charge on any atom is -0.415 e. The van der Waals surface area contributed by atoms with Gasteiger partial charge in [-0.05, 0) is 145 Å². The Morgan fingerprint density at radius 3 is 1.74 bits per heavy atom. The van der Waals surface area contributed by atoms with Gasteiger partial charge in [0, 0.05) is 12.2 Å². The molecule has 4 fully saturated rings. The fraction of sp³-hybridized carbons (Fsp3) is 1.00. The molecule has 198 valence electrons. The molecule has 3 nitrogen and oxygen atoms in total. The van der Waals surface area contributed by atoms with Gasteiger partial charge in [-0.1, -0.05) is 13.8 Å². The van der Waals surface area contributed by atoms with Crippen LogP contribution in [-0.4, -0.2) is 43.3 Å². The Kier molecular flexibility index (Phi) is 7.36. The molecule has 0 amide bonds. The maximum atomic E-state index is 7.14. The highest BCUT2D eigenvalue weighted by Crippen LogP contribution is 2.67. The van der Waals surface area contributed by atoms with Crippen LogP contribution in [0.15, 0.2) is 0 Å². The Labute approximate surface area is 214 Å². The van der Waals surface area contributed by atoms with E-state index >= 15 is 0 Å². The second-order valence-corrected chi connectivity index (χ2v) is 29.3. The Bertz CT molecular complexity index is 739. The van der Waals surface area contributed by atoms with Crippen molar-refractivity contribution in [2.75, 3.05) is 0 Å². The van der Waals surface area contributed by atoms with E-state index in [1.807, 2.05) is 0 Å². The average Bonchev–Trinajstić information content (AvgIpc) is 2.95. The van der Waals surface area contributed by atoms with Gasteiger partial charge in [0.15, 0.2) is 25.0 Å². The van der Waals surface area contributed by atoms with Crippen molar-refractivity contribution in [3.63, 3.8) is 0 Å². The van der Waals surface area contributed by atoms with Crippen molar-refractivity contribution >= 4 is 25.0 Å². The van der Waals surface area contributed by atoms with Crippen molar-refractivity contribution in [3.8, 4) is 0 Å². The number of hydrogen-bond donors (Lipinski definition) is 0. The second kappa shape index (κ2) is 9.07. The highest BCUT2D eigenvalue weighted by atomic mass is 28.4. The van der Waals surface area contributed by atoms with Gasteiger partial charge in [-0.15, -0.1) is 0 Å². The van der Waals surface area contributed by atoms with Crippen LogP contribution < -0.4 is 0 Å². The average molecular weight is 525 g/mol. The lowest BCUT2D eigenvalue weighted by Crippen LogP contribution is -2.61. The van der Waals surface area contributed by atoms with E-state index in [4.69, 9.17) is 13.3 Å². The molecule has 0 aromatic heterocycles. The Hall–Kier alpha value is 0.531. The number of rotatable bonds is 6. The molecule has 4 rings (SSSR count). The molecular formula is C28H56O3Si3. The predicted octanol–water partition coefficient (Wildman–Crippen LogP) is 8.30. The van der Waals surface area contributed by atoms with Gasteiger partial charge in [-0.2, -0.15) is 0 Å². The zero-order valence-electron chi connectivity index (χ0n) is 24.4. The summed E-state index contributed by atoms with van der Waals surface area (Å²) in [4.78, 5) is 0. The third-order valence-electron chi connectivity index (χ3n) is 10.0. The second-order valence-electron chi connectivity index (χ2n) is 16.0. The molecule has 9 atom stereocenters. The summed E-state index contributed by atoms with van der Waals surface area (Å²) in [5, 5.41) is 0. The molecule has 0 aromatic carbocycles. The van der Waals surface area contributed by atoms with Crippen LogP contribution in [0.5, 0.6) is 0 Å². The zero-order valence-corrected chi connectivity index (χ0v) is 27.4. The largest absolute Gasteiger partial charge is 0.415 e. The van der Waals surface area contributed by atoms with E-state index in [9.17, 15) is 0 Å². The van der Waals surface area contributed by atoms with Crippen molar-refractivity contribution in [2.45, 2.75) is 142 Å². The summed E-state index contributed by atoms with van der Waals surface area (Å²) in [6.45, 7) is 26.7. The van der Waals surface area contributed by atoms with E-state index in [1.54, 1.807) is 0 Å². The summed E-state index contributed by atoms with van der Waals surface area (Å²) in [6.07, 6.45) is 11.9. The van der Waals surface area contributed by atoms with Crippen LogP contribution in [0.4, 0.5) is 0 Å². The van der Waals surface area contributed by atoms with Crippen LogP contribution in [0.3, 0.4) is 0 Å². The summed E-state index contributed by atoms with van der Waals surface area (Å²) >= 11 is 0.